The number of rotatable bonds is 3. The summed E-state index contributed by atoms with van der Waals surface area (Å²) in [6, 6.07) is 10.8. The van der Waals surface area contributed by atoms with E-state index in [9.17, 15) is 0 Å². The number of nitrogens with one attached hydrogen (secondary N) is 1. The summed E-state index contributed by atoms with van der Waals surface area (Å²) in [5, 5.41) is 4.08. The van der Waals surface area contributed by atoms with E-state index in [4.69, 9.17) is 33.7 Å². The van der Waals surface area contributed by atoms with Crippen LogP contribution in [0.25, 0.3) is 0 Å². The van der Waals surface area contributed by atoms with Gasteiger partial charge in [0.05, 0.1) is 34.2 Å². The van der Waals surface area contributed by atoms with Gasteiger partial charge in [-0.3, -0.25) is 0 Å². The largest absolute Gasteiger partial charge is 0.495 e. The molecule has 0 saturated carbocycles. The minimum absolute atomic E-state index is 0.460. The molecule has 0 aliphatic heterocycles. The number of nitrogens with two attached hydrogens (primary N) is 1. The molecule has 0 fully saturated rings. The van der Waals surface area contributed by atoms with Crippen LogP contribution in [-0.4, -0.2) is 7.11 Å². The van der Waals surface area contributed by atoms with E-state index in [1.54, 1.807) is 19.2 Å². The van der Waals surface area contributed by atoms with Gasteiger partial charge in [0, 0.05) is 0 Å². The van der Waals surface area contributed by atoms with Gasteiger partial charge >= 0.3 is 0 Å². The number of hydrogen-bond acceptors (Lipinski definition) is 3. The second kappa shape index (κ2) is 5.38. The summed E-state index contributed by atoms with van der Waals surface area (Å²) in [4.78, 5) is 0. The maximum Gasteiger partial charge on any atom is 0.143 e. The fourth-order valence-corrected chi connectivity index (χ4v) is 1.92. The molecule has 0 radical (unpaired) electrons. The summed E-state index contributed by atoms with van der Waals surface area (Å²) in [6.45, 7) is 0. The molecule has 5 heteroatoms. The van der Waals surface area contributed by atoms with Gasteiger partial charge in [0.15, 0.2) is 0 Å². The van der Waals surface area contributed by atoms with E-state index in [2.05, 4.69) is 5.32 Å². The van der Waals surface area contributed by atoms with Crippen LogP contribution >= 0.6 is 23.2 Å². The number of ether oxygens (including phenoxy) is 1. The van der Waals surface area contributed by atoms with Crippen molar-refractivity contribution in [2.45, 2.75) is 0 Å². The molecule has 0 amide bonds. The van der Waals surface area contributed by atoms with Crippen molar-refractivity contribution in [1.82, 2.24) is 0 Å². The van der Waals surface area contributed by atoms with Crippen molar-refractivity contribution in [3.05, 3.63) is 46.4 Å². The molecule has 3 N–H and O–H groups in total. The summed E-state index contributed by atoms with van der Waals surface area (Å²) in [6.07, 6.45) is 0. The topological polar surface area (TPSA) is 47.3 Å². The number of hydrogen-bond donors (Lipinski definition) is 2. The minimum atomic E-state index is 0.460. The fraction of sp³-hybridized carbons (Fsp3) is 0.0769. The molecule has 0 aliphatic carbocycles. The first-order valence-electron chi connectivity index (χ1n) is 5.27. The highest BCUT2D eigenvalue weighted by atomic mass is 35.5. The average Bonchev–Trinajstić information content (AvgIpc) is 2.37. The third-order valence-corrected chi connectivity index (χ3v) is 3.33. The van der Waals surface area contributed by atoms with Crippen LogP contribution in [0, 0.1) is 0 Å². The molecule has 0 bridgehead atoms. The predicted octanol–water partition coefficient (Wildman–Crippen LogP) is 4.33. The maximum atomic E-state index is 6.10. The standard InChI is InChI=1S/C13H12Cl2N2O/c1-18-11-7-3-6-10(13(11)16)17-9-5-2-4-8(14)12(9)15/h2-7,17H,16H2,1H3. The Morgan fingerprint density at radius 1 is 1.06 bits per heavy atom. The number of benzene rings is 2. The Hall–Kier alpha value is -1.58. The second-order valence-corrected chi connectivity index (χ2v) is 4.43. The van der Waals surface area contributed by atoms with Gasteiger partial charge in [0.25, 0.3) is 0 Å². The van der Waals surface area contributed by atoms with Crippen LogP contribution < -0.4 is 15.8 Å². The van der Waals surface area contributed by atoms with Crippen molar-refractivity contribution in [2.75, 3.05) is 18.2 Å². The first-order chi connectivity index (χ1) is 8.63. The zero-order chi connectivity index (χ0) is 13.1. The molecule has 0 aliphatic rings. The zero-order valence-corrected chi connectivity index (χ0v) is 11.2. The SMILES string of the molecule is COc1cccc(Nc2cccc(Cl)c2Cl)c1N. The molecule has 0 saturated heterocycles. The Morgan fingerprint density at radius 2 is 1.72 bits per heavy atom. The van der Waals surface area contributed by atoms with Crippen LogP contribution in [0.4, 0.5) is 17.1 Å². The Balaban J connectivity index is 2.37. The number of methoxy groups -OCH3 is 1. The van der Waals surface area contributed by atoms with Crippen LogP contribution in [0.1, 0.15) is 0 Å². The number of halogens is 2. The van der Waals surface area contributed by atoms with E-state index in [0.29, 0.717) is 27.2 Å². The third-order valence-electron chi connectivity index (χ3n) is 2.51. The molecule has 0 heterocycles. The normalized spacial score (nSPS) is 10.2. The van der Waals surface area contributed by atoms with E-state index in [1.165, 1.54) is 0 Å². The molecular formula is C13H12Cl2N2O. The molecule has 0 spiro atoms. The molecule has 18 heavy (non-hydrogen) atoms. The lowest BCUT2D eigenvalue weighted by Gasteiger charge is -2.13. The lowest BCUT2D eigenvalue weighted by Crippen LogP contribution is -1.99. The molecule has 2 aromatic carbocycles. The lowest BCUT2D eigenvalue weighted by molar-refractivity contribution is 0.417. The first-order valence-corrected chi connectivity index (χ1v) is 6.02. The Kier molecular flexibility index (Phi) is 3.84. The van der Waals surface area contributed by atoms with Crippen molar-refractivity contribution < 1.29 is 4.74 Å². The Morgan fingerprint density at radius 3 is 2.44 bits per heavy atom. The fourth-order valence-electron chi connectivity index (χ4n) is 1.58. The van der Waals surface area contributed by atoms with Crippen LogP contribution in [0.5, 0.6) is 5.75 Å². The van der Waals surface area contributed by atoms with Crippen LogP contribution in [0.2, 0.25) is 10.0 Å². The van der Waals surface area contributed by atoms with E-state index in [0.717, 1.165) is 5.69 Å². The van der Waals surface area contributed by atoms with Gasteiger partial charge in [-0.2, -0.15) is 0 Å². The number of nitrogen functional groups attached to an aromatic ring is 1. The Bertz CT molecular complexity index is 573. The summed E-state index contributed by atoms with van der Waals surface area (Å²) in [5.41, 5.74) is 7.91. The van der Waals surface area contributed by atoms with Crippen molar-refractivity contribution in [3.63, 3.8) is 0 Å². The van der Waals surface area contributed by atoms with Gasteiger partial charge in [0.1, 0.15) is 5.75 Å². The quantitative estimate of drug-likeness (QED) is 0.824. The van der Waals surface area contributed by atoms with E-state index in [1.807, 2.05) is 24.3 Å². The molecular weight excluding hydrogens is 271 g/mol. The van der Waals surface area contributed by atoms with Crippen molar-refractivity contribution >= 4 is 40.3 Å². The lowest BCUT2D eigenvalue weighted by atomic mass is 10.2. The van der Waals surface area contributed by atoms with Crippen LogP contribution in [0.15, 0.2) is 36.4 Å². The number of para-hydroxylation sites is 1. The summed E-state index contributed by atoms with van der Waals surface area (Å²) in [5.74, 6) is 0.609. The Labute approximate surface area is 115 Å². The first kappa shape index (κ1) is 12.9. The predicted molar refractivity (Wildman–Crippen MR) is 77.2 cm³/mol. The molecule has 0 aromatic heterocycles. The van der Waals surface area contributed by atoms with Crippen molar-refractivity contribution in [1.29, 1.82) is 0 Å². The van der Waals surface area contributed by atoms with Crippen molar-refractivity contribution in [2.24, 2.45) is 0 Å². The molecule has 2 rings (SSSR count). The van der Waals surface area contributed by atoms with E-state index < -0.39 is 0 Å². The highest BCUT2D eigenvalue weighted by Crippen LogP contribution is 2.35. The molecule has 3 nitrogen and oxygen atoms in total. The van der Waals surface area contributed by atoms with Gasteiger partial charge in [-0.1, -0.05) is 35.3 Å². The molecule has 2 aromatic rings. The van der Waals surface area contributed by atoms with E-state index in [-0.39, 0.29) is 0 Å². The average molecular weight is 283 g/mol. The summed E-state index contributed by atoms with van der Waals surface area (Å²) in [7, 11) is 1.57. The molecule has 0 unspecified atom stereocenters. The maximum absolute atomic E-state index is 6.10. The highest BCUT2D eigenvalue weighted by Gasteiger charge is 2.08. The summed E-state index contributed by atoms with van der Waals surface area (Å²) < 4.78 is 5.15. The minimum Gasteiger partial charge on any atom is -0.495 e. The van der Waals surface area contributed by atoms with Crippen molar-refractivity contribution in [3.8, 4) is 5.75 Å². The van der Waals surface area contributed by atoms with Gasteiger partial charge in [0.2, 0.25) is 0 Å². The zero-order valence-electron chi connectivity index (χ0n) is 9.71. The molecule has 94 valence electrons. The monoisotopic (exact) mass is 282 g/mol. The second-order valence-electron chi connectivity index (χ2n) is 3.65. The summed E-state index contributed by atoms with van der Waals surface area (Å²) >= 11 is 12.1. The van der Waals surface area contributed by atoms with Gasteiger partial charge < -0.3 is 15.8 Å². The molecule has 0 atom stereocenters. The van der Waals surface area contributed by atoms with Gasteiger partial charge in [-0.05, 0) is 24.3 Å². The van der Waals surface area contributed by atoms with Crippen LogP contribution in [0.3, 0.4) is 0 Å². The van der Waals surface area contributed by atoms with Gasteiger partial charge in [-0.25, -0.2) is 0 Å². The number of anilines is 3. The third kappa shape index (κ3) is 2.47. The van der Waals surface area contributed by atoms with E-state index >= 15 is 0 Å². The highest BCUT2D eigenvalue weighted by molar-refractivity contribution is 6.43. The van der Waals surface area contributed by atoms with Crippen LogP contribution in [-0.2, 0) is 0 Å². The van der Waals surface area contributed by atoms with Gasteiger partial charge in [-0.15, -0.1) is 0 Å². The smallest absolute Gasteiger partial charge is 0.143 e.